The molecule has 120 valence electrons. The number of carbonyl (C=O) groups excluding carboxylic acids is 1. The highest BCUT2D eigenvalue weighted by Gasteiger charge is 2.32. The molecule has 1 fully saturated rings. The SMILES string of the molecule is O=C([C@@H]1COc2ccccc2C1)N1CCC(c2ncon2)CC1. The highest BCUT2D eigenvalue weighted by atomic mass is 16.5. The van der Waals surface area contributed by atoms with Crippen LogP contribution in [0, 0.1) is 5.92 Å². The summed E-state index contributed by atoms with van der Waals surface area (Å²) < 4.78 is 10.6. The smallest absolute Gasteiger partial charge is 0.229 e. The van der Waals surface area contributed by atoms with Crippen LogP contribution in [0.3, 0.4) is 0 Å². The molecule has 1 atom stereocenters. The lowest BCUT2D eigenvalue weighted by atomic mass is 9.92. The number of ether oxygens (including phenoxy) is 1. The van der Waals surface area contributed by atoms with Crippen LogP contribution in [0.2, 0.25) is 0 Å². The van der Waals surface area contributed by atoms with Gasteiger partial charge in [0.15, 0.2) is 5.82 Å². The molecule has 1 saturated heterocycles. The molecular weight excluding hydrogens is 294 g/mol. The molecule has 2 aliphatic heterocycles. The van der Waals surface area contributed by atoms with Gasteiger partial charge in [0.1, 0.15) is 12.4 Å². The van der Waals surface area contributed by atoms with E-state index in [0.717, 1.165) is 49.5 Å². The Hall–Kier alpha value is -2.37. The molecule has 0 saturated carbocycles. The van der Waals surface area contributed by atoms with Gasteiger partial charge in [-0.2, -0.15) is 4.98 Å². The molecule has 4 rings (SSSR count). The first kappa shape index (κ1) is 14.2. The van der Waals surface area contributed by atoms with Gasteiger partial charge in [0, 0.05) is 19.0 Å². The van der Waals surface area contributed by atoms with E-state index >= 15 is 0 Å². The fourth-order valence-corrected chi connectivity index (χ4v) is 3.46. The Labute approximate surface area is 134 Å². The van der Waals surface area contributed by atoms with Gasteiger partial charge in [0.2, 0.25) is 12.3 Å². The first-order valence-corrected chi connectivity index (χ1v) is 8.07. The number of piperidine rings is 1. The van der Waals surface area contributed by atoms with E-state index in [0.29, 0.717) is 12.5 Å². The first-order chi connectivity index (χ1) is 11.3. The highest BCUT2D eigenvalue weighted by Crippen LogP contribution is 2.30. The third-order valence-corrected chi connectivity index (χ3v) is 4.78. The molecule has 23 heavy (non-hydrogen) atoms. The van der Waals surface area contributed by atoms with Crippen LogP contribution >= 0.6 is 0 Å². The van der Waals surface area contributed by atoms with E-state index in [9.17, 15) is 4.79 Å². The zero-order chi connectivity index (χ0) is 15.6. The molecule has 0 unspecified atom stereocenters. The fraction of sp³-hybridized carbons (Fsp3) is 0.471. The number of carbonyl (C=O) groups is 1. The molecule has 0 N–H and O–H groups in total. The van der Waals surface area contributed by atoms with Crippen LogP contribution in [0.25, 0.3) is 0 Å². The molecular formula is C17H19N3O3. The summed E-state index contributed by atoms with van der Waals surface area (Å²) in [5.74, 6) is 2.08. The molecule has 1 amide bonds. The van der Waals surface area contributed by atoms with Crippen molar-refractivity contribution in [1.29, 1.82) is 0 Å². The average molecular weight is 313 g/mol. The molecule has 1 aromatic heterocycles. The highest BCUT2D eigenvalue weighted by molar-refractivity contribution is 5.80. The number of hydrogen-bond acceptors (Lipinski definition) is 5. The van der Waals surface area contributed by atoms with Crippen molar-refractivity contribution < 1.29 is 14.1 Å². The number of para-hydroxylation sites is 1. The van der Waals surface area contributed by atoms with Gasteiger partial charge in [0.05, 0.1) is 5.92 Å². The van der Waals surface area contributed by atoms with Crippen molar-refractivity contribution >= 4 is 5.91 Å². The van der Waals surface area contributed by atoms with Crippen LogP contribution in [0.5, 0.6) is 5.75 Å². The van der Waals surface area contributed by atoms with Gasteiger partial charge in [-0.1, -0.05) is 23.4 Å². The Kier molecular flexibility index (Phi) is 3.73. The second-order valence-electron chi connectivity index (χ2n) is 6.21. The molecule has 6 nitrogen and oxygen atoms in total. The van der Waals surface area contributed by atoms with E-state index in [1.165, 1.54) is 6.39 Å². The summed E-state index contributed by atoms with van der Waals surface area (Å²) in [5, 5.41) is 3.92. The average Bonchev–Trinajstić information content (AvgIpc) is 3.15. The molecule has 2 aliphatic rings. The summed E-state index contributed by atoms with van der Waals surface area (Å²) in [6, 6.07) is 7.96. The lowest BCUT2D eigenvalue weighted by molar-refractivity contribution is -0.138. The van der Waals surface area contributed by atoms with E-state index in [4.69, 9.17) is 9.26 Å². The van der Waals surface area contributed by atoms with Gasteiger partial charge in [-0.3, -0.25) is 4.79 Å². The number of likely N-dealkylation sites (tertiary alicyclic amines) is 1. The van der Waals surface area contributed by atoms with Crippen LogP contribution in [0.15, 0.2) is 35.2 Å². The van der Waals surface area contributed by atoms with E-state index in [1.54, 1.807) is 0 Å². The Bertz CT molecular complexity index is 678. The molecule has 2 aromatic rings. The van der Waals surface area contributed by atoms with E-state index in [-0.39, 0.29) is 11.8 Å². The molecule has 0 spiro atoms. The normalized spacial score (nSPS) is 21.6. The summed E-state index contributed by atoms with van der Waals surface area (Å²) >= 11 is 0. The number of fused-ring (bicyclic) bond motifs is 1. The summed E-state index contributed by atoms with van der Waals surface area (Å²) in [6.07, 6.45) is 3.90. The fourth-order valence-electron chi connectivity index (χ4n) is 3.46. The van der Waals surface area contributed by atoms with Gasteiger partial charge in [-0.05, 0) is 30.9 Å². The van der Waals surface area contributed by atoms with Crippen LogP contribution in [0.1, 0.15) is 30.1 Å². The number of aromatic nitrogens is 2. The molecule has 1 aromatic carbocycles. The maximum Gasteiger partial charge on any atom is 0.229 e. The van der Waals surface area contributed by atoms with E-state index in [1.807, 2.05) is 29.2 Å². The second-order valence-corrected chi connectivity index (χ2v) is 6.21. The number of benzene rings is 1. The third-order valence-electron chi connectivity index (χ3n) is 4.78. The van der Waals surface area contributed by atoms with Crippen LogP contribution < -0.4 is 4.74 Å². The number of nitrogens with zero attached hydrogens (tertiary/aromatic N) is 3. The molecule has 0 bridgehead atoms. The van der Waals surface area contributed by atoms with Crippen LogP contribution in [-0.2, 0) is 11.2 Å². The zero-order valence-electron chi connectivity index (χ0n) is 12.9. The lowest BCUT2D eigenvalue weighted by Gasteiger charge is -2.34. The quantitative estimate of drug-likeness (QED) is 0.848. The van der Waals surface area contributed by atoms with E-state index < -0.39 is 0 Å². The van der Waals surface area contributed by atoms with Gasteiger partial charge in [-0.25, -0.2) is 0 Å². The van der Waals surface area contributed by atoms with Gasteiger partial charge in [0.25, 0.3) is 0 Å². The number of amides is 1. The second kappa shape index (κ2) is 6.02. The van der Waals surface area contributed by atoms with Crippen LogP contribution in [-0.4, -0.2) is 40.6 Å². The summed E-state index contributed by atoms with van der Waals surface area (Å²) in [6.45, 7) is 1.97. The number of rotatable bonds is 2. The standard InChI is InChI=1S/C17H19N3O3/c21-17(14-9-13-3-1-2-4-15(13)22-10-14)20-7-5-12(6-8-20)16-18-11-23-19-16/h1-4,11-12,14H,5-10H2/t14-/m0/s1. The monoisotopic (exact) mass is 313 g/mol. The van der Waals surface area contributed by atoms with Crippen molar-refractivity contribution in [3.8, 4) is 5.75 Å². The Morgan fingerprint density at radius 1 is 1.22 bits per heavy atom. The summed E-state index contributed by atoms with van der Waals surface area (Å²) in [5.41, 5.74) is 1.12. The Morgan fingerprint density at radius 2 is 2.04 bits per heavy atom. The molecule has 3 heterocycles. The van der Waals surface area contributed by atoms with Crippen molar-refractivity contribution in [2.24, 2.45) is 5.92 Å². The maximum atomic E-state index is 12.8. The van der Waals surface area contributed by atoms with Gasteiger partial charge >= 0.3 is 0 Å². The Morgan fingerprint density at radius 3 is 2.83 bits per heavy atom. The third kappa shape index (κ3) is 2.81. The Balaban J connectivity index is 1.37. The summed E-state index contributed by atoms with van der Waals surface area (Å²) in [7, 11) is 0. The minimum atomic E-state index is -0.0772. The van der Waals surface area contributed by atoms with Crippen molar-refractivity contribution in [2.75, 3.05) is 19.7 Å². The lowest BCUT2D eigenvalue weighted by Crippen LogP contribution is -2.44. The molecule has 0 radical (unpaired) electrons. The predicted octanol–water partition coefficient (Wildman–Crippen LogP) is 2.03. The predicted molar refractivity (Wildman–Crippen MR) is 82.0 cm³/mol. The molecule has 6 heteroatoms. The van der Waals surface area contributed by atoms with Crippen molar-refractivity contribution in [2.45, 2.75) is 25.2 Å². The minimum absolute atomic E-state index is 0.0772. The van der Waals surface area contributed by atoms with Crippen molar-refractivity contribution in [3.05, 3.63) is 42.0 Å². The minimum Gasteiger partial charge on any atom is -0.492 e. The maximum absolute atomic E-state index is 12.8. The largest absolute Gasteiger partial charge is 0.492 e. The van der Waals surface area contributed by atoms with Crippen LogP contribution in [0.4, 0.5) is 0 Å². The summed E-state index contributed by atoms with van der Waals surface area (Å²) in [4.78, 5) is 18.8. The molecule has 0 aliphatic carbocycles. The number of hydrogen-bond donors (Lipinski definition) is 0. The van der Waals surface area contributed by atoms with Gasteiger partial charge < -0.3 is 14.2 Å². The van der Waals surface area contributed by atoms with Crippen molar-refractivity contribution in [1.82, 2.24) is 15.0 Å². The van der Waals surface area contributed by atoms with Gasteiger partial charge in [-0.15, -0.1) is 0 Å². The first-order valence-electron chi connectivity index (χ1n) is 8.07. The topological polar surface area (TPSA) is 68.5 Å². The van der Waals surface area contributed by atoms with E-state index in [2.05, 4.69) is 10.1 Å². The zero-order valence-corrected chi connectivity index (χ0v) is 12.9. The van der Waals surface area contributed by atoms with Crippen molar-refractivity contribution in [3.63, 3.8) is 0 Å².